The van der Waals surface area contributed by atoms with E-state index in [0.717, 1.165) is 45.6 Å². The van der Waals surface area contributed by atoms with Crippen LogP contribution in [0.25, 0.3) is 0 Å². The average Bonchev–Trinajstić information content (AvgIpc) is 2.72. The van der Waals surface area contributed by atoms with E-state index in [0.29, 0.717) is 29.3 Å². The van der Waals surface area contributed by atoms with Gasteiger partial charge in [-0.05, 0) is 50.1 Å². The van der Waals surface area contributed by atoms with Gasteiger partial charge in [-0.2, -0.15) is 0 Å². The van der Waals surface area contributed by atoms with Crippen LogP contribution >= 0.6 is 0 Å². The van der Waals surface area contributed by atoms with Crippen LogP contribution in [0.15, 0.2) is 0 Å². The molecule has 1 rings (SSSR count). The van der Waals surface area contributed by atoms with Crippen LogP contribution in [0.1, 0.15) is 40.0 Å². The zero-order chi connectivity index (χ0) is 15.0. The molecule has 4 nitrogen and oxygen atoms in total. The zero-order valence-electron chi connectivity index (χ0n) is 13.2. The molecule has 0 aromatic rings. The molecule has 0 saturated carbocycles. The summed E-state index contributed by atoms with van der Waals surface area (Å²) in [7, 11) is -2.78. The first-order valence-electron chi connectivity index (χ1n) is 7.93. The molecule has 0 bridgehead atoms. The fraction of sp³-hybridized carbons (Fsp3) is 1.00. The Kier molecular flexibility index (Phi) is 8.07. The summed E-state index contributed by atoms with van der Waals surface area (Å²) in [5.74, 6) is 2.15. The molecule has 1 aliphatic rings. The summed E-state index contributed by atoms with van der Waals surface area (Å²) in [5, 5.41) is 3.36. The van der Waals surface area contributed by atoms with Gasteiger partial charge in [0, 0.05) is 13.2 Å². The number of nitrogens with one attached hydrogen (secondary N) is 1. The summed E-state index contributed by atoms with van der Waals surface area (Å²) in [6, 6.07) is 0. The van der Waals surface area contributed by atoms with Gasteiger partial charge in [-0.1, -0.05) is 20.8 Å². The van der Waals surface area contributed by atoms with Gasteiger partial charge in [0.2, 0.25) is 0 Å². The summed E-state index contributed by atoms with van der Waals surface area (Å²) in [4.78, 5) is 0. The van der Waals surface area contributed by atoms with Gasteiger partial charge in [0.15, 0.2) is 9.84 Å². The van der Waals surface area contributed by atoms with Crippen LogP contribution in [0.4, 0.5) is 0 Å². The van der Waals surface area contributed by atoms with Gasteiger partial charge < -0.3 is 10.1 Å². The molecule has 1 aliphatic heterocycles. The van der Waals surface area contributed by atoms with E-state index in [1.165, 1.54) is 0 Å². The Morgan fingerprint density at radius 3 is 2.50 bits per heavy atom. The largest absolute Gasteiger partial charge is 0.381 e. The maximum atomic E-state index is 11.6. The second-order valence-electron chi connectivity index (χ2n) is 6.31. The molecule has 1 N–H and O–H groups in total. The minimum absolute atomic E-state index is 0.313. The molecule has 1 heterocycles. The molecule has 1 saturated heterocycles. The Labute approximate surface area is 124 Å². The van der Waals surface area contributed by atoms with Crippen molar-refractivity contribution in [2.45, 2.75) is 40.0 Å². The van der Waals surface area contributed by atoms with E-state index in [1.807, 2.05) is 0 Å². The van der Waals surface area contributed by atoms with E-state index in [2.05, 4.69) is 26.1 Å². The Morgan fingerprint density at radius 2 is 1.95 bits per heavy atom. The first-order valence-corrected chi connectivity index (χ1v) is 9.75. The fourth-order valence-corrected chi connectivity index (χ4v) is 4.61. The van der Waals surface area contributed by atoms with Crippen molar-refractivity contribution in [3.05, 3.63) is 0 Å². The number of hydrogen-bond acceptors (Lipinski definition) is 4. The second-order valence-corrected chi connectivity index (χ2v) is 8.54. The molecule has 5 heteroatoms. The highest BCUT2D eigenvalue weighted by Crippen LogP contribution is 2.28. The molecule has 20 heavy (non-hydrogen) atoms. The summed E-state index contributed by atoms with van der Waals surface area (Å²) >= 11 is 0. The van der Waals surface area contributed by atoms with Crippen molar-refractivity contribution in [2.24, 2.45) is 17.8 Å². The molecule has 0 radical (unpaired) electrons. The van der Waals surface area contributed by atoms with Crippen LogP contribution in [0.2, 0.25) is 0 Å². The number of rotatable bonds is 10. The van der Waals surface area contributed by atoms with Crippen LogP contribution < -0.4 is 5.32 Å². The van der Waals surface area contributed by atoms with Crippen LogP contribution in [0.5, 0.6) is 0 Å². The molecule has 2 atom stereocenters. The second kappa shape index (κ2) is 9.00. The summed E-state index contributed by atoms with van der Waals surface area (Å²) in [5.41, 5.74) is 0. The van der Waals surface area contributed by atoms with E-state index in [9.17, 15) is 8.42 Å². The van der Waals surface area contributed by atoms with Crippen molar-refractivity contribution in [3.8, 4) is 0 Å². The van der Waals surface area contributed by atoms with Crippen molar-refractivity contribution < 1.29 is 13.2 Å². The highest BCUT2D eigenvalue weighted by atomic mass is 32.2. The molecule has 2 unspecified atom stereocenters. The predicted octanol–water partition coefficient (Wildman–Crippen LogP) is 2.10. The molecule has 0 amide bonds. The minimum atomic E-state index is -2.78. The molecular formula is C15H31NO3S. The quantitative estimate of drug-likeness (QED) is 0.628. The van der Waals surface area contributed by atoms with E-state index in [-0.39, 0.29) is 0 Å². The van der Waals surface area contributed by atoms with Gasteiger partial charge in [-0.25, -0.2) is 8.42 Å². The van der Waals surface area contributed by atoms with Crippen LogP contribution in [-0.4, -0.2) is 46.2 Å². The lowest BCUT2D eigenvalue weighted by Gasteiger charge is -2.23. The predicted molar refractivity (Wildman–Crippen MR) is 83.7 cm³/mol. The molecule has 0 aliphatic carbocycles. The van der Waals surface area contributed by atoms with Gasteiger partial charge in [-0.3, -0.25) is 0 Å². The van der Waals surface area contributed by atoms with Gasteiger partial charge in [-0.15, -0.1) is 0 Å². The summed E-state index contributed by atoms with van der Waals surface area (Å²) in [6.45, 7) is 9.88. The summed E-state index contributed by atoms with van der Waals surface area (Å²) in [6.07, 6.45) is 2.88. The minimum Gasteiger partial charge on any atom is -0.381 e. The zero-order valence-corrected chi connectivity index (χ0v) is 14.0. The van der Waals surface area contributed by atoms with Crippen LogP contribution in [0.3, 0.4) is 0 Å². The van der Waals surface area contributed by atoms with Crippen molar-refractivity contribution in [3.63, 3.8) is 0 Å². The first kappa shape index (κ1) is 17.9. The topological polar surface area (TPSA) is 55.4 Å². The molecule has 0 aromatic heterocycles. The van der Waals surface area contributed by atoms with Crippen molar-refractivity contribution in [1.29, 1.82) is 0 Å². The number of sulfone groups is 1. The molecule has 0 spiro atoms. The molecule has 120 valence electrons. The maximum absolute atomic E-state index is 11.6. The van der Waals surface area contributed by atoms with Crippen molar-refractivity contribution in [2.75, 3.05) is 37.8 Å². The standard InChI is InChI=1S/C15H31NO3S/c1-4-16-11-14(6-9-19-8-5-13(2)3)15-7-10-20(17,18)12-15/h13-16H,4-12H2,1-3H3. The smallest absolute Gasteiger partial charge is 0.150 e. The van der Waals surface area contributed by atoms with Crippen molar-refractivity contribution >= 4 is 9.84 Å². The third kappa shape index (κ3) is 7.04. The first-order chi connectivity index (χ1) is 9.44. The Hall–Kier alpha value is -0.130. The highest BCUT2D eigenvalue weighted by molar-refractivity contribution is 7.91. The summed E-state index contributed by atoms with van der Waals surface area (Å²) < 4.78 is 28.9. The Morgan fingerprint density at radius 1 is 1.25 bits per heavy atom. The monoisotopic (exact) mass is 305 g/mol. The molecular weight excluding hydrogens is 274 g/mol. The van der Waals surface area contributed by atoms with Gasteiger partial charge in [0.25, 0.3) is 0 Å². The average molecular weight is 305 g/mol. The lowest BCUT2D eigenvalue weighted by Crippen LogP contribution is -2.30. The van der Waals surface area contributed by atoms with E-state index < -0.39 is 9.84 Å². The van der Waals surface area contributed by atoms with Gasteiger partial charge >= 0.3 is 0 Å². The van der Waals surface area contributed by atoms with E-state index in [4.69, 9.17) is 4.74 Å². The highest BCUT2D eigenvalue weighted by Gasteiger charge is 2.33. The Balaban J connectivity index is 2.33. The molecule has 0 aromatic carbocycles. The Bertz CT molecular complexity index is 354. The van der Waals surface area contributed by atoms with Crippen molar-refractivity contribution in [1.82, 2.24) is 5.32 Å². The van der Waals surface area contributed by atoms with E-state index >= 15 is 0 Å². The van der Waals surface area contributed by atoms with Crippen LogP contribution in [-0.2, 0) is 14.6 Å². The van der Waals surface area contributed by atoms with Gasteiger partial charge in [0.05, 0.1) is 11.5 Å². The number of ether oxygens (including phenoxy) is 1. The van der Waals surface area contributed by atoms with E-state index in [1.54, 1.807) is 0 Å². The lowest BCUT2D eigenvalue weighted by molar-refractivity contribution is 0.103. The fourth-order valence-electron chi connectivity index (χ4n) is 2.69. The molecule has 1 fully saturated rings. The third-order valence-electron chi connectivity index (χ3n) is 4.06. The van der Waals surface area contributed by atoms with Gasteiger partial charge in [0.1, 0.15) is 0 Å². The number of hydrogen-bond donors (Lipinski definition) is 1. The normalized spacial score (nSPS) is 23.3. The lowest BCUT2D eigenvalue weighted by atomic mass is 9.89. The van der Waals surface area contributed by atoms with Crippen LogP contribution in [0, 0.1) is 17.8 Å². The maximum Gasteiger partial charge on any atom is 0.150 e. The SMILES string of the molecule is CCNCC(CCOCCC(C)C)C1CCS(=O)(=O)C1. The third-order valence-corrected chi connectivity index (χ3v) is 5.86.